The number of hydrogen-bond acceptors (Lipinski definition) is 2. The molecular weight excluding hydrogens is 152 g/mol. The number of ketones is 1. The van der Waals surface area contributed by atoms with E-state index in [4.69, 9.17) is 4.74 Å². The van der Waals surface area contributed by atoms with Crippen LogP contribution in [-0.2, 0) is 9.53 Å². The van der Waals surface area contributed by atoms with Crippen molar-refractivity contribution in [1.29, 1.82) is 0 Å². The number of rotatable bonds is 5. The minimum absolute atomic E-state index is 0.0702. The first-order chi connectivity index (χ1) is 5.56. The molecular formula is C10H18O2. The Balaban J connectivity index is 3.90. The molecule has 0 heterocycles. The lowest BCUT2D eigenvalue weighted by Gasteiger charge is -2.12. The normalized spacial score (nSPS) is 14.1. The molecule has 0 aromatic heterocycles. The van der Waals surface area contributed by atoms with E-state index in [0.29, 0.717) is 5.92 Å². The first kappa shape index (κ1) is 11.4. The highest BCUT2D eigenvalue weighted by Gasteiger charge is 2.05. The van der Waals surface area contributed by atoms with Gasteiger partial charge in [-0.25, -0.2) is 0 Å². The highest BCUT2D eigenvalue weighted by Crippen LogP contribution is 2.08. The van der Waals surface area contributed by atoms with Crippen molar-refractivity contribution in [3.05, 3.63) is 12.2 Å². The van der Waals surface area contributed by atoms with Crippen molar-refractivity contribution in [2.24, 2.45) is 5.92 Å². The van der Waals surface area contributed by atoms with Crippen molar-refractivity contribution >= 4 is 5.78 Å². The summed E-state index contributed by atoms with van der Waals surface area (Å²) < 4.78 is 5.17. The van der Waals surface area contributed by atoms with Crippen molar-refractivity contribution in [2.75, 3.05) is 7.11 Å². The Kier molecular flexibility index (Phi) is 5.64. The Morgan fingerprint density at radius 2 is 2.08 bits per heavy atom. The molecule has 0 radical (unpaired) electrons. The number of carbonyl (C=O) groups excluding carboxylic acids is 1. The standard InChI is InChI=1S/C10H18O2/c1-8(2)7-10(12-4)6-5-9(3)11/h5-6,8,10H,7H2,1-4H3. The van der Waals surface area contributed by atoms with Crippen LogP contribution in [0.3, 0.4) is 0 Å². The zero-order chi connectivity index (χ0) is 9.56. The molecule has 0 bridgehead atoms. The van der Waals surface area contributed by atoms with E-state index in [9.17, 15) is 4.79 Å². The summed E-state index contributed by atoms with van der Waals surface area (Å²) in [5.41, 5.74) is 0. The molecule has 0 aliphatic heterocycles. The van der Waals surface area contributed by atoms with Crippen LogP contribution in [0, 0.1) is 5.92 Å². The third-order valence-electron chi connectivity index (χ3n) is 1.55. The Morgan fingerprint density at radius 3 is 2.42 bits per heavy atom. The summed E-state index contributed by atoms with van der Waals surface area (Å²) in [7, 11) is 1.66. The molecule has 2 heteroatoms. The van der Waals surface area contributed by atoms with Gasteiger partial charge in [-0.15, -0.1) is 0 Å². The Bertz CT molecular complexity index is 159. The Hall–Kier alpha value is -0.630. The lowest BCUT2D eigenvalue weighted by atomic mass is 10.1. The van der Waals surface area contributed by atoms with Gasteiger partial charge in [0.15, 0.2) is 5.78 Å². The fourth-order valence-electron chi connectivity index (χ4n) is 0.961. The second-order valence-electron chi connectivity index (χ2n) is 3.37. The minimum atomic E-state index is 0.0702. The topological polar surface area (TPSA) is 26.3 Å². The highest BCUT2D eigenvalue weighted by molar-refractivity contribution is 5.87. The smallest absolute Gasteiger partial charge is 0.152 e. The third kappa shape index (κ3) is 6.10. The molecule has 0 N–H and O–H groups in total. The van der Waals surface area contributed by atoms with Gasteiger partial charge in [0, 0.05) is 7.11 Å². The number of ether oxygens (including phenoxy) is 1. The van der Waals surface area contributed by atoms with E-state index in [1.807, 2.05) is 6.08 Å². The number of allylic oxidation sites excluding steroid dienone is 1. The van der Waals surface area contributed by atoms with Crippen LogP contribution in [0.4, 0.5) is 0 Å². The van der Waals surface area contributed by atoms with E-state index in [1.165, 1.54) is 0 Å². The van der Waals surface area contributed by atoms with E-state index >= 15 is 0 Å². The van der Waals surface area contributed by atoms with Crippen LogP contribution in [0.5, 0.6) is 0 Å². The first-order valence-corrected chi connectivity index (χ1v) is 4.27. The molecule has 0 saturated carbocycles. The quantitative estimate of drug-likeness (QED) is 0.591. The number of carbonyl (C=O) groups is 1. The van der Waals surface area contributed by atoms with E-state index in [1.54, 1.807) is 20.1 Å². The van der Waals surface area contributed by atoms with Crippen molar-refractivity contribution in [1.82, 2.24) is 0 Å². The highest BCUT2D eigenvalue weighted by atomic mass is 16.5. The van der Waals surface area contributed by atoms with Crippen molar-refractivity contribution < 1.29 is 9.53 Å². The van der Waals surface area contributed by atoms with Crippen LogP contribution in [0.25, 0.3) is 0 Å². The zero-order valence-electron chi connectivity index (χ0n) is 8.33. The van der Waals surface area contributed by atoms with Crippen LogP contribution in [-0.4, -0.2) is 19.0 Å². The maximum Gasteiger partial charge on any atom is 0.152 e. The second kappa shape index (κ2) is 5.95. The van der Waals surface area contributed by atoms with Gasteiger partial charge < -0.3 is 4.74 Å². The molecule has 12 heavy (non-hydrogen) atoms. The van der Waals surface area contributed by atoms with Gasteiger partial charge in [-0.2, -0.15) is 0 Å². The first-order valence-electron chi connectivity index (χ1n) is 4.27. The van der Waals surface area contributed by atoms with Crippen LogP contribution in [0.2, 0.25) is 0 Å². The summed E-state index contributed by atoms with van der Waals surface area (Å²) in [5.74, 6) is 0.660. The van der Waals surface area contributed by atoms with Gasteiger partial charge in [-0.05, 0) is 25.3 Å². The molecule has 0 aromatic carbocycles. The molecule has 0 aromatic rings. The zero-order valence-corrected chi connectivity index (χ0v) is 8.33. The van der Waals surface area contributed by atoms with Crippen LogP contribution in [0.1, 0.15) is 27.2 Å². The van der Waals surface area contributed by atoms with Gasteiger partial charge >= 0.3 is 0 Å². The molecule has 0 saturated heterocycles. The lowest BCUT2D eigenvalue weighted by Crippen LogP contribution is -2.10. The SMILES string of the molecule is COC(C=CC(C)=O)CC(C)C. The molecule has 1 unspecified atom stereocenters. The van der Waals surface area contributed by atoms with Gasteiger partial charge in [0.05, 0.1) is 6.10 Å². The largest absolute Gasteiger partial charge is 0.377 e. The predicted molar refractivity (Wildman–Crippen MR) is 50.1 cm³/mol. The average molecular weight is 170 g/mol. The number of methoxy groups -OCH3 is 1. The maximum atomic E-state index is 10.6. The van der Waals surface area contributed by atoms with Gasteiger partial charge in [0.25, 0.3) is 0 Å². The molecule has 0 rings (SSSR count). The maximum absolute atomic E-state index is 10.6. The Labute approximate surface area is 74.6 Å². The van der Waals surface area contributed by atoms with Gasteiger partial charge in [0.2, 0.25) is 0 Å². The molecule has 1 atom stereocenters. The summed E-state index contributed by atoms with van der Waals surface area (Å²) in [6.45, 7) is 5.81. The summed E-state index contributed by atoms with van der Waals surface area (Å²) in [4.78, 5) is 10.6. The third-order valence-corrected chi connectivity index (χ3v) is 1.55. The average Bonchev–Trinajstić information content (AvgIpc) is 1.97. The molecule has 0 amide bonds. The molecule has 0 fully saturated rings. The van der Waals surface area contributed by atoms with E-state index in [-0.39, 0.29) is 11.9 Å². The van der Waals surface area contributed by atoms with Gasteiger partial charge in [0.1, 0.15) is 0 Å². The van der Waals surface area contributed by atoms with Gasteiger partial charge in [-0.3, -0.25) is 4.79 Å². The second-order valence-corrected chi connectivity index (χ2v) is 3.37. The summed E-state index contributed by atoms with van der Waals surface area (Å²) in [6, 6.07) is 0. The minimum Gasteiger partial charge on any atom is -0.377 e. The Morgan fingerprint density at radius 1 is 1.50 bits per heavy atom. The molecule has 2 nitrogen and oxygen atoms in total. The van der Waals surface area contributed by atoms with Crippen LogP contribution < -0.4 is 0 Å². The van der Waals surface area contributed by atoms with Crippen molar-refractivity contribution in [3.63, 3.8) is 0 Å². The molecule has 70 valence electrons. The van der Waals surface area contributed by atoms with Crippen LogP contribution >= 0.6 is 0 Å². The lowest BCUT2D eigenvalue weighted by molar-refractivity contribution is -0.112. The summed E-state index contributed by atoms with van der Waals surface area (Å²) in [6.07, 6.45) is 4.42. The van der Waals surface area contributed by atoms with E-state index in [2.05, 4.69) is 13.8 Å². The van der Waals surface area contributed by atoms with Crippen LogP contribution in [0.15, 0.2) is 12.2 Å². The number of hydrogen-bond donors (Lipinski definition) is 0. The fraction of sp³-hybridized carbons (Fsp3) is 0.700. The monoisotopic (exact) mass is 170 g/mol. The molecule has 0 aliphatic rings. The van der Waals surface area contributed by atoms with Crippen molar-refractivity contribution in [3.8, 4) is 0 Å². The van der Waals surface area contributed by atoms with Crippen molar-refractivity contribution in [2.45, 2.75) is 33.3 Å². The van der Waals surface area contributed by atoms with E-state index < -0.39 is 0 Å². The fourth-order valence-corrected chi connectivity index (χ4v) is 0.961. The van der Waals surface area contributed by atoms with Gasteiger partial charge in [-0.1, -0.05) is 19.9 Å². The van der Waals surface area contributed by atoms with E-state index in [0.717, 1.165) is 6.42 Å². The summed E-state index contributed by atoms with van der Waals surface area (Å²) in [5, 5.41) is 0. The summed E-state index contributed by atoms with van der Waals surface area (Å²) >= 11 is 0. The predicted octanol–water partition coefficient (Wildman–Crippen LogP) is 2.19. The molecule has 0 spiro atoms. The molecule has 0 aliphatic carbocycles.